The number of Topliss-reactive ketones (excluding diaryl/α,β-unsaturated/α-hetero) is 1. The molecule has 0 amide bonds. The van der Waals surface area contributed by atoms with Crippen molar-refractivity contribution in [1.29, 1.82) is 0 Å². The quantitative estimate of drug-likeness (QED) is 0.312. The van der Waals surface area contributed by atoms with Crippen molar-refractivity contribution < 1.29 is 39.0 Å². The summed E-state index contributed by atoms with van der Waals surface area (Å²) in [6.45, 7) is -1.88. The first-order valence-electron chi connectivity index (χ1n) is 3.47. The Morgan fingerprint density at radius 2 is 1.86 bits per heavy atom. The van der Waals surface area contributed by atoms with E-state index in [1.54, 1.807) is 0 Å². The standard InChI is InChI=1S/C5H11O8P/c6-1-3(7)5(9)4(8)2-13-14(10,11)12/h3,5-7,9H,1-2H2,(H2,10,11,12)/t3-,5-/m1/s1. The lowest BCUT2D eigenvalue weighted by atomic mass is 10.1. The van der Waals surface area contributed by atoms with Crippen molar-refractivity contribution in [3.05, 3.63) is 0 Å². The minimum atomic E-state index is -4.77. The lowest BCUT2D eigenvalue weighted by Gasteiger charge is -2.14. The van der Waals surface area contributed by atoms with Crippen molar-refractivity contribution in [2.75, 3.05) is 13.2 Å². The zero-order chi connectivity index (χ0) is 11.4. The number of ketones is 1. The molecule has 5 N–H and O–H groups in total. The lowest BCUT2D eigenvalue weighted by Crippen LogP contribution is -2.38. The number of rotatable bonds is 6. The normalized spacial score (nSPS) is 16.4. The van der Waals surface area contributed by atoms with Crippen LogP contribution in [0, 0.1) is 0 Å². The van der Waals surface area contributed by atoms with Gasteiger partial charge in [0, 0.05) is 0 Å². The summed E-state index contributed by atoms with van der Waals surface area (Å²) >= 11 is 0. The Kier molecular flexibility index (Phi) is 5.38. The predicted octanol–water partition coefficient (Wildman–Crippen LogP) is -2.62. The molecular formula is C5H11O8P. The highest BCUT2D eigenvalue weighted by Crippen LogP contribution is 2.35. The molecule has 0 unspecified atom stereocenters. The van der Waals surface area contributed by atoms with Gasteiger partial charge in [-0.25, -0.2) is 4.57 Å². The van der Waals surface area contributed by atoms with Gasteiger partial charge in [-0.2, -0.15) is 0 Å². The van der Waals surface area contributed by atoms with Crippen LogP contribution in [0.15, 0.2) is 0 Å². The van der Waals surface area contributed by atoms with Crippen LogP contribution in [0.5, 0.6) is 0 Å². The van der Waals surface area contributed by atoms with Crippen molar-refractivity contribution in [2.45, 2.75) is 12.2 Å². The molecule has 0 fully saturated rings. The summed E-state index contributed by atoms with van der Waals surface area (Å²) in [6.07, 6.45) is -3.62. The summed E-state index contributed by atoms with van der Waals surface area (Å²) in [6, 6.07) is 0. The summed E-state index contributed by atoms with van der Waals surface area (Å²) in [4.78, 5) is 27.2. The molecule has 0 aromatic rings. The van der Waals surface area contributed by atoms with Gasteiger partial charge in [0.1, 0.15) is 18.8 Å². The van der Waals surface area contributed by atoms with Gasteiger partial charge in [0.2, 0.25) is 0 Å². The Morgan fingerprint density at radius 1 is 1.36 bits per heavy atom. The fourth-order valence-corrected chi connectivity index (χ4v) is 0.843. The molecule has 9 heteroatoms. The molecule has 8 nitrogen and oxygen atoms in total. The number of hydrogen-bond donors (Lipinski definition) is 5. The van der Waals surface area contributed by atoms with E-state index in [1.807, 2.05) is 0 Å². The van der Waals surface area contributed by atoms with Crippen molar-refractivity contribution >= 4 is 13.6 Å². The average molecular weight is 230 g/mol. The zero-order valence-electron chi connectivity index (χ0n) is 6.98. The van der Waals surface area contributed by atoms with Crippen LogP contribution in [0.3, 0.4) is 0 Å². The summed E-state index contributed by atoms with van der Waals surface area (Å²) in [5, 5.41) is 26.0. The van der Waals surface area contributed by atoms with Gasteiger partial charge in [0.15, 0.2) is 5.78 Å². The third-order valence-corrected chi connectivity index (χ3v) is 1.72. The SMILES string of the molecule is O=C(COP(=O)(O)O)[C@H](O)[C@H](O)CO. The molecule has 0 spiro atoms. The van der Waals surface area contributed by atoms with Gasteiger partial charge in [-0.1, -0.05) is 0 Å². The minimum absolute atomic E-state index is 0.844. The summed E-state index contributed by atoms with van der Waals surface area (Å²) in [7, 11) is -4.77. The van der Waals surface area contributed by atoms with E-state index < -0.39 is 39.0 Å². The monoisotopic (exact) mass is 230 g/mol. The molecule has 2 atom stereocenters. The van der Waals surface area contributed by atoms with Gasteiger partial charge in [-0.05, 0) is 0 Å². The number of phosphoric acid groups is 1. The maximum absolute atomic E-state index is 10.8. The van der Waals surface area contributed by atoms with Gasteiger partial charge >= 0.3 is 7.82 Å². The van der Waals surface area contributed by atoms with Crippen LogP contribution in [0.1, 0.15) is 0 Å². The van der Waals surface area contributed by atoms with Crippen LogP contribution in [-0.2, 0) is 13.9 Å². The van der Waals surface area contributed by atoms with Crippen LogP contribution >= 0.6 is 7.82 Å². The third kappa shape index (κ3) is 5.40. The number of carbonyl (C=O) groups is 1. The van der Waals surface area contributed by atoms with E-state index in [9.17, 15) is 9.36 Å². The van der Waals surface area contributed by atoms with E-state index in [2.05, 4.69) is 4.52 Å². The number of carbonyl (C=O) groups excluding carboxylic acids is 1. The number of aliphatic hydroxyl groups excluding tert-OH is 3. The Morgan fingerprint density at radius 3 is 2.21 bits per heavy atom. The molecule has 0 aromatic heterocycles. The van der Waals surface area contributed by atoms with Gasteiger partial charge in [-0.15, -0.1) is 0 Å². The molecule has 0 rings (SSSR count). The highest BCUT2D eigenvalue weighted by atomic mass is 31.2. The van der Waals surface area contributed by atoms with E-state index in [0.717, 1.165) is 0 Å². The van der Waals surface area contributed by atoms with Crippen LogP contribution in [0.25, 0.3) is 0 Å². The molecular weight excluding hydrogens is 219 g/mol. The molecule has 0 saturated heterocycles. The van der Waals surface area contributed by atoms with Gasteiger partial charge < -0.3 is 25.1 Å². The Hall–Kier alpha value is -0.340. The Balaban J connectivity index is 4.03. The number of phosphoric ester groups is 1. The molecule has 0 aliphatic carbocycles. The van der Waals surface area contributed by atoms with Crippen LogP contribution < -0.4 is 0 Å². The van der Waals surface area contributed by atoms with E-state index in [4.69, 9.17) is 25.1 Å². The molecule has 0 heterocycles. The van der Waals surface area contributed by atoms with Gasteiger partial charge in [-0.3, -0.25) is 9.32 Å². The fraction of sp³-hybridized carbons (Fsp3) is 0.800. The molecule has 0 saturated carbocycles. The Bertz CT molecular complexity index is 234. The summed E-state index contributed by atoms with van der Waals surface area (Å²) in [5.74, 6) is -1.13. The first-order chi connectivity index (χ1) is 6.28. The highest BCUT2D eigenvalue weighted by Gasteiger charge is 2.26. The van der Waals surface area contributed by atoms with E-state index in [1.165, 1.54) is 0 Å². The molecule has 0 bridgehead atoms. The van der Waals surface area contributed by atoms with Crippen LogP contribution in [0.2, 0.25) is 0 Å². The third-order valence-electron chi connectivity index (χ3n) is 1.26. The van der Waals surface area contributed by atoms with E-state index >= 15 is 0 Å². The average Bonchev–Trinajstić information content (AvgIpc) is 2.10. The van der Waals surface area contributed by atoms with Crippen LogP contribution in [-0.4, -0.2) is 56.3 Å². The lowest BCUT2D eigenvalue weighted by molar-refractivity contribution is -0.137. The highest BCUT2D eigenvalue weighted by molar-refractivity contribution is 7.46. The first kappa shape index (κ1) is 13.7. The minimum Gasteiger partial charge on any atom is -0.394 e. The molecule has 0 aliphatic rings. The fourth-order valence-electron chi connectivity index (χ4n) is 0.548. The van der Waals surface area contributed by atoms with Crippen molar-refractivity contribution in [3.63, 3.8) is 0 Å². The number of hydrogen-bond acceptors (Lipinski definition) is 6. The maximum Gasteiger partial charge on any atom is 0.470 e. The molecule has 0 aliphatic heterocycles. The smallest absolute Gasteiger partial charge is 0.394 e. The molecule has 84 valence electrons. The maximum atomic E-state index is 10.8. The first-order valence-corrected chi connectivity index (χ1v) is 5.00. The molecule has 14 heavy (non-hydrogen) atoms. The van der Waals surface area contributed by atoms with Crippen molar-refractivity contribution in [1.82, 2.24) is 0 Å². The van der Waals surface area contributed by atoms with Crippen molar-refractivity contribution in [3.8, 4) is 0 Å². The molecule has 0 radical (unpaired) electrons. The second-order valence-electron chi connectivity index (χ2n) is 2.43. The van der Waals surface area contributed by atoms with Crippen molar-refractivity contribution in [2.24, 2.45) is 0 Å². The topological polar surface area (TPSA) is 145 Å². The van der Waals surface area contributed by atoms with Crippen LogP contribution in [0.4, 0.5) is 0 Å². The van der Waals surface area contributed by atoms with E-state index in [0.29, 0.717) is 0 Å². The largest absolute Gasteiger partial charge is 0.470 e. The predicted molar refractivity (Wildman–Crippen MR) is 42.1 cm³/mol. The molecule has 0 aromatic carbocycles. The second kappa shape index (κ2) is 5.52. The summed E-state index contributed by atoms with van der Waals surface area (Å²) < 4.78 is 13.9. The van der Waals surface area contributed by atoms with E-state index in [-0.39, 0.29) is 0 Å². The Labute approximate surface area is 79.0 Å². The second-order valence-corrected chi connectivity index (χ2v) is 3.66. The van der Waals surface area contributed by atoms with Gasteiger partial charge in [0.05, 0.1) is 6.61 Å². The zero-order valence-corrected chi connectivity index (χ0v) is 7.87. The number of aliphatic hydroxyl groups is 3. The van der Waals surface area contributed by atoms with Gasteiger partial charge in [0.25, 0.3) is 0 Å². The summed E-state index contributed by atoms with van der Waals surface area (Å²) in [5.41, 5.74) is 0.